The average Bonchev–Trinajstić information content (AvgIpc) is 2.66. The van der Waals surface area contributed by atoms with Crippen molar-refractivity contribution in [3.63, 3.8) is 0 Å². The summed E-state index contributed by atoms with van der Waals surface area (Å²) < 4.78 is 0. The first-order chi connectivity index (χ1) is 13.1. The summed E-state index contributed by atoms with van der Waals surface area (Å²) in [5.41, 5.74) is 0. The van der Waals surface area contributed by atoms with Crippen LogP contribution >= 0.6 is 0 Å². The second kappa shape index (κ2) is 15.6. The standard InChI is InChI=1S/C26H50O/c1-5-6-7-8-9-10-11-12-13-14-15-16-17-25(26(27)22(2)3)24-20-18-23(4)19-21-24/h22-25H,5-21H2,1-4H3. The molecule has 1 rings (SSSR count). The first kappa shape index (κ1) is 24.7. The van der Waals surface area contributed by atoms with E-state index in [1.54, 1.807) is 0 Å². The van der Waals surface area contributed by atoms with Crippen molar-refractivity contribution in [2.75, 3.05) is 0 Å². The van der Waals surface area contributed by atoms with Crippen LogP contribution in [0, 0.1) is 23.7 Å². The number of carbonyl (C=O) groups is 1. The zero-order valence-corrected chi connectivity index (χ0v) is 19.2. The highest BCUT2D eigenvalue weighted by Crippen LogP contribution is 2.37. The van der Waals surface area contributed by atoms with E-state index in [1.807, 2.05) is 0 Å². The maximum absolute atomic E-state index is 12.8. The van der Waals surface area contributed by atoms with E-state index in [2.05, 4.69) is 27.7 Å². The Hall–Kier alpha value is -0.330. The highest BCUT2D eigenvalue weighted by Gasteiger charge is 2.31. The lowest BCUT2D eigenvalue weighted by Gasteiger charge is -2.33. The summed E-state index contributed by atoms with van der Waals surface area (Å²) in [6.45, 7) is 8.86. The second-order valence-electron chi connectivity index (χ2n) is 9.86. The Labute approximate surface area is 171 Å². The number of unbranched alkanes of at least 4 members (excludes halogenated alkanes) is 11. The monoisotopic (exact) mass is 378 g/mol. The number of rotatable bonds is 16. The predicted molar refractivity (Wildman–Crippen MR) is 120 cm³/mol. The van der Waals surface area contributed by atoms with Gasteiger partial charge in [0.2, 0.25) is 0 Å². The third-order valence-electron chi connectivity index (χ3n) is 6.93. The Bertz CT molecular complexity index is 351. The van der Waals surface area contributed by atoms with Gasteiger partial charge < -0.3 is 0 Å². The molecule has 1 aliphatic carbocycles. The van der Waals surface area contributed by atoms with E-state index < -0.39 is 0 Å². The number of hydrogen-bond acceptors (Lipinski definition) is 1. The van der Waals surface area contributed by atoms with E-state index >= 15 is 0 Å². The molecule has 0 N–H and O–H groups in total. The molecule has 0 spiro atoms. The molecule has 0 saturated heterocycles. The van der Waals surface area contributed by atoms with Crippen molar-refractivity contribution in [2.24, 2.45) is 23.7 Å². The third kappa shape index (κ3) is 11.3. The van der Waals surface area contributed by atoms with Gasteiger partial charge in [-0.05, 0) is 31.1 Å². The Morgan fingerprint density at radius 1 is 0.741 bits per heavy atom. The van der Waals surface area contributed by atoms with Crippen LogP contribution < -0.4 is 0 Å². The molecular weight excluding hydrogens is 328 g/mol. The van der Waals surface area contributed by atoms with Crippen LogP contribution in [0.2, 0.25) is 0 Å². The van der Waals surface area contributed by atoms with Crippen molar-refractivity contribution in [1.29, 1.82) is 0 Å². The van der Waals surface area contributed by atoms with Gasteiger partial charge in [0, 0.05) is 11.8 Å². The van der Waals surface area contributed by atoms with Crippen LogP contribution in [0.15, 0.2) is 0 Å². The van der Waals surface area contributed by atoms with Gasteiger partial charge in [0.15, 0.2) is 0 Å². The van der Waals surface area contributed by atoms with Crippen LogP contribution in [-0.2, 0) is 4.79 Å². The van der Waals surface area contributed by atoms with E-state index in [4.69, 9.17) is 0 Å². The molecule has 1 heteroatoms. The maximum Gasteiger partial charge on any atom is 0.138 e. The molecule has 1 aliphatic rings. The molecule has 1 fully saturated rings. The van der Waals surface area contributed by atoms with E-state index in [0.29, 0.717) is 17.6 Å². The lowest BCUT2D eigenvalue weighted by Crippen LogP contribution is -2.30. The second-order valence-corrected chi connectivity index (χ2v) is 9.86. The van der Waals surface area contributed by atoms with E-state index in [9.17, 15) is 4.79 Å². The van der Waals surface area contributed by atoms with Crippen molar-refractivity contribution in [2.45, 2.75) is 137 Å². The number of ketones is 1. The van der Waals surface area contributed by atoms with Crippen LogP contribution in [0.1, 0.15) is 137 Å². The SMILES string of the molecule is CCCCCCCCCCCCCCC(C(=O)C(C)C)C1CCC(C)CC1. The molecule has 0 radical (unpaired) electrons. The fourth-order valence-electron chi connectivity index (χ4n) is 4.93. The van der Waals surface area contributed by atoms with Gasteiger partial charge in [0.25, 0.3) is 0 Å². The minimum atomic E-state index is 0.215. The van der Waals surface area contributed by atoms with Gasteiger partial charge >= 0.3 is 0 Å². The number of hydrogen-bond donors (Lipinski definition) is 0. The topological polar surface area (TPSA) is 17.1 Å². The van der Waals surface area contributed by atoms with Crippen LogP contribution in [0.3, 0.4) is 0 Å². The van der Waals surface area contributed by atoms with E-state index in [-0.39, 0.29) is 5.92 Å². The number of carbonyl (C=O) groups excluding carboxylic acids is 1. The minimum absolute atomic E-state index is 0.215. The normalized spacial score (nSPS) is 21.5. The van der Waals surface area contributed by atoms with Crippen molar-refractivity contribution in [1.82, 2.24) is 0 Å². The molecule has 0 amide bonds. The van der Waals surface area contributed by atoms with Crippen molar-refractivity contribution in [3.05, 3.63) is 0 Å². The van der Waals surface area contributed by atoms with Gasteiger partial charge in [-0.3, -0.25) is 4.79 Å². The smallest absolute Gasteiger partial charge is 0.138 e. The van der Waals surface area contributed by atoms with Crippen LogP contribution in [0.25, 0.3) is 0 Å². The molecule has 1 unspecified atom stereocenters. The Morgan fingerprint density at radius 2 is 1.19 bits per heavy atom. The summed E-state index contributed by atoms with van der Waals surface area (Å²) in [4.78, 5) is 12.8. The Kier molecular flexibility index (Phi) is 14.3. The van der Waals surface area contributed by atoms with Crippen LogP contribution in [-0.4, -0.2) is 5.78 Å². The maximum atomic E-state index is 12.8. The Morgan fingerprint density at radius 3 is 1.63 bits per heavy atom. The van der Waals surface area contributed by atoms with Crippen LogP contribution in [0.5, 0.6) is 0 Å². The largest absolute Gasteiger partial charge is 0.299 e. The molecule has 160 valence electrons. The molecule has 0 heterocycles. The zero-order chi connectivity index (χ0) is 19.9. The van der Waals surface area contributed by atoms with Crippen LogP contribution in [0.4, 0.5) is 0 Å². The van der Waals surface area contributed by atoms with Gasteiger partial charge in [-0.25, -0.2) is 0 Å². The number of Topliss-reactive ketones (excluding diaryl/α,β-unsaturated/α-hetero) is 1. The molecule has 0 aromatic rings. The van der Waals surface area contributed by atoms with E-state index in [0.717, 1.165) is 12.3 Å². The van der Waals surface area contributed by atoms with Gasteiger partial charge in [0.1, 0.15) is 5.78 Å². The first-order valence-electron chi connectivity index (χ1n) is 12.6. The fourth-order valence-corrected chi connectivity index (χ4v) is 4.93. The quantitative estimate of drug-likeness (QED) is 0.245. The average molecular weight is 379 g/mol. The van der Waals surface area contributed by atoms with E-state index in [1.165, 1.54) is 103 Å². The van der Waals surface area contributed by atoms with Gasteiger partial charge in [-0.1, -0.05) is 118 Å². The Balaban J connectivity index is 2.11. The molecule has 0 bridgehead atoms. The lowest BCUT2D eigenvalue weighted by atomic mass is 9.71. The molecule has 1 nitrogen and oxygen atoms in total. The fraction of sp³-hybridized carbons (Fsp3) is 0.962. The lowest BCUT2D eigenvalue weighted by molar-refractivity contribution is -0.128. The van der Waals surface area contributed by atoms with Gasteiger partial charge in [0.05, 0.1) is 0 Å². The molecular formula is C26H50O. The van der Waals surface area contributed by atoms with Crippen molar-refractivity contribution >= 4 is 5.78 Å². The molecule has 0 aromatic heterocycles. The van der Waals surface area contributed by atoms with Crippen molar-refractivity contribution < 1.29 is 4.79 Å². The highest BCUT2D eigenvalue weighted by molar-refractivity contribution is 5.83. The highest BCUT2D eigenvalue weighted by atomic mass is 16.1. The van der Waals surface area contributed by atoms with Crippen molar-refractivity contribution in [3.8, 4) is 0 Å². The molecule has 1 atom stereocenters. The predicted octanol–water partition coefficient (Wildman–Crippen LogP) is 8.75. The summed E-state index contributed by atoms with van der Waals surface area (Å²) in [6, 6.07) is 0. The summed E-state index contributed by atoms with van der Waals surface area (Å²) in [5, 5.41) is 0. The third-order valence-corrected chi connectivity index (χ3v) is 6.93. The summed E-state index contributed by atoms with van der Waals surface area (Å²) in [7, 11) is 0. The molecule has 1 saturated carbocycles. The molecule has 0 aliphatic heterocycles. The summed E-state index contributed by atoms with van der Waals surface area (Å²) in [5.74, 6) is 2.69. The zero-order valence-electron chi connectivity index (χ0n) is 19.2. The minimum Gasteiger partial charge on any atom is -0.299 e. The van der Waals surface area contributed by atoms with Gasteiger partial charge in [-0.15, -0.1) is 0 Å². The van der Waals surface area contributed by atoms with Gasteiger partial charge in [-0.2, -0.15) is 0 Å². The molecule has 0 aromatic carbocycles. The summed E-state index contributed by atoms with van der Waals surface area (Å²) >= 11 is 0. The first-order valence-corrected chi connectivity index (χ1v) is 12.6. The molecule has 27 heavy (non-hydrogen) atoms. The summed E-state index contributed by atoms with van der Waals surface area (Å²) in [6.07, 6.45) is 23.2.